The Balaban J connectivity index is 1.68. The van der Waals surface area contributed by atoms with Gasteiger partial charge in [0.15, 0.2) is 0 Å². The first-order chi connectivity index (χ1) is 18.2. The van der Waals surface area contributed by atoms with E-state index in [0.717, 1.165) is 27.5 Å². The summed E-state index contributed by atoms with van der Waals surface area (Å²) in [6.07, 6.45) is 0. The number of fused-ring (bicyclic) bond motifs is 1. The van der Waals surface area contributed by atoms with Gasteiger partial charge in [0.2, 0.25) is 0 Å². The fraction of sp³-hybridized carbons (Fsp3) is 0.212. The lowest BCUT2D eigenvalue weighted by atomic mass is 9.85. The molecule has 1 aliphatic rings. The van der Waals surface area contributed by atoms with Crippen molar-refractivity contribution in [1.82, 2.24) is 4.90 Å². The van der Waals surface area contributed by atoms with E-state index >= 15 is 0 Å². The Hall–Kier alpha value is -4.38. The van der Waals surface area contributed by atoms with E-state index in [1.165, 1.54) is 0 Å². The summed E-state index contributed by atoms with van der Waals surface area (Å²) in [5.41, 5.74) is 3.30. The standard InChI is InChI=1S/C33H31NO4/c1-33(2,3)24-17-15-23(16-18-24)29-28(30(35)27-14-8-11-22-10-5-6-13-26(22)27)31(36)32(37)34(29)20-21-9-7-12-25(19-21)38-4/h5-19,29,35H,20H2,1-4H3/b30-28-. The highest BCUT2D eigenvalue weighted by atomic mass is 16.5. The van der Waals surface area contributed by atoms with E-state index in [1.54, 1.807) is 18.1 Å². The molecular formula is C33H31NO4. The molecule has 1 heterocycles. The molecule has 1 N–H and O–H groups in total. The maximum absolute atomic E-state index is 13.6. The Morgan fingerprint density at radius 1 is 0.895 bits per heavy atom. The van der Waals surface area contributed by atoms with Crippen LogP contribution >= 0.6 is 0 Å². The summed E-state index contributed by atoms with van der Waals surface area (Å²) >= 11 is 0. The van der Waals surface area contributed by atoms with Crippen LogP contribution in [0.2, 0.25) is 0 Å². The van der Waals surface area contributed by atoms with Gasteiger partial charge in [0.25, 0.3) is 11.7 Å². The number of nitrogens with zero attached hydrogens (tertiary/aromatic N) is 1. The molecule has 0 aromatic heterocycles. The fourth-order valence-corrected chi connectivity index (χ4v) is 5.10. The fourth-order valence-electron chi connectivity index (χ4n) is 5.10. The third-order valence-corrected chi connectivity index (χ3v) is 7.16. The second-order valence-electron chi connectivity index (χ2n) is 10.7. The minimum absolute atomic E-state index is 0.0517. The van der Waals surface area contributed by atoms with E-state index in [-0.39, 0.29) is 23.3 Å². The average Bonchev–Trinajstić information content (AvgIpc) is 3.17. The Bertz CT molecular complexity index is 1550. The van der Waals surface area contributed by atoms with E-state index in [0.29, 0.717) is 11.3 Å². The molecule has 0 saturated carbocycles. The number of aliphatic hydroxyl groups excluding tert-OH is 1. The number of rotatable bonds is 5. The summed E-state index contributed by atoms with van der Waals surface area (Å²) in [6.45, 7) is 6.60. The average molecular weight is 506 g/mol. The molecule has 5 nitrogen and oxygen atoms in total. The number of ketones is 1. The predicted molar refractivity (Wildman–Crippen MR) is 150 cm³/mol. The van der Waals surface area contributed by atoms with Gasteiger partial charge in [-0.3, -0.25) is 9.59 Å². The first-order valence-corrected chi connectivity index (χ1v) is 12.7. The van der Waals surface area contributed by atoms with E-state index in [4.69, 9.17) is 4.74 Å². The number of carbonyl (C=O) groups is 2. The molecule has 38 heavy (non-hydrogen) atoms. The molecule has 0 spiro atoms. The van der Waals surface area contributed by atoms with E-state index in [9.17, 15) is 14.7 Å². The smallest absolute Gasteiger partial charge is 0.295 e. The van der Waals surface area contributed by atoms with Crippen molar-refractivity contribution in [2.75, 3.05) is 7.11 Å². The minimum Gasteiger partial charge on any atom is -0.507 e. The third kappa shape index (κ3) is 4.56. The second kappa shape index (κ2) is 9.82. The number of carbonyl (C=O) groups excluding carboxylic acids is 2. The van der Waals surface area contributed by atoms with Crippen LogP contribution in [0.5, 0.6) is 5.75 Å². The number of ether oxygens (including phenoxy) is 1. The zero-order valence-corrected chi connectivity index (χ0v) is 22.1. The summed E-state index contributed by atoms with van der Waals surface area (Å²) < 4.78 is 5.36. The summed E-state index contributed by atoms with van der Waals surface area (Å²) in [4.78, 5) is 28.6. The van der Waals surface area contributed by atoms with Crippen LogP contribution in [-0.2, 0) is 21.5 Å². The van der Waals surface area contributed by atoms with Gasteiger partial charge in [-0.25, -0.2) is 0 Å². The molecule has 5 heteroatoms. The molecule has 4 aromatic rings. The Morgan fingerprint density at radius 2 is 1.58 bits per heavy atom. The maximum atomic E-state index is 13.6. The Kier molecular flexibility index (Phi) is 6.53. The van der Waals surface area contributed by atoms with E-state index in [1.807, 2.05) is 84.9 Å². The summed E-state index contributed by atoms with van der Waals surface area (Å²) in [6, 6.07) is 27.9. The molecule has 192 valence electrons. The van der Waals surface area contributed by atoms with Crippen molar-refractivity contribution in [3.05, 3.63) is 119 Å². The van der Waals surface area contributed by atoms with Crippen molar-refractivity contribution in [3.63, 3.8) is 0 Å². The van der Waals surface area contributed by atoms with E-state index < -0.39 is 17.7 Å². The van der Waals surface area contributed by atoms with Gasteiger partial charge >= 0.3 is 0 Å². The quantitative estimate of drug-likeness (QED) is 0.185. The SMILES string of the molecule is COc1cccc(CN2C(=O)C(=O)/C(=C(\O)c3cccc4ccccc34)C2c2ccc(C(C)(C)C)cc2)c1. The first-order valence-electron chi connectivity index (χ1n) is 12.7. The van der Waals surface area contributed by atoms with Crippen LogP contribution in [0.3, 0.4) is 0 Å². The van der Waals surface area contributed by atoms with Gasteiger partial charge < -0.3 is 14.7 Å². The van der Waals surface area contributed by atoms with E-state index in [2.05, 4.69) is 20.8 Å². The molecule has 1 atom stereocenters. The lowest BCUT2D eigenvalue weighted by Crippen LogP contribution is -2.29. The highest BCUT2D eigenvalue weighted by molar-refractivity contribution is 6.46. The lowest BCUT2D eigenvalue weighted by Gasteiger charge is -2.27. The number of amides is 1. The Labute approximate surface area is 223 Å². The van der Waals surface area contributed by atoms with Gasteiger partial charge in [-0.05, 0) is 45.0 Å². The summed E-state index contributed by atoms with van der Waals surface area (Å²) in [5, 5.41) is 13.4. The lowest BCUT2D eigenvalue weighted by molar-refractivity contribution is -0.140. The molecule has 0 radical (unpaired) electrons. The molecule has 5 rings (SSSR count). The highest BCUT2D eigenvalue weighted by Crippen LogP contribution is 2.42. The second-order valence-corrected chi connectivity index (χ2v) is 10.7. The van der Waals surface area contributed by atoms with Crippen molar-refractivity contribution >= 4 is 28.2 Å². The number of methoxy groups -OCH3 is 1. The molecule has 0 aliphatic carbocycles. The van der Waals surface area contributed by atoms with Crippen molar-refractivity contribution in [2.24, 2.45) is 0 Å². The molecule has 4 aromatic carbocycles. The van der Waals surface area contributed by atoms with Crippen LogP contribution in [0.4, 0.5) is 0 Å². The largest absolute Gasteiger partial charge is 0.507 e. The number of hydrogen-bond donors (Lipinski definition) is 1. The number of likely N-dealkylation sites (tertiary alicyclic amines) is 1. The number of aliphatic hydroxyl groups is 1. The minimum atomic E-state index is -0.741. The molecular weight excluding hydrogens is 474 g/mol. The monoisotopic (exact) mass is 505 g/mol. The third-order valence-electron chi connectivity index (χ3n) is 7.16. The van der Waals surface area contributed by atoms with Crippen LogP contribution < -0.4 is 4.74 Å². The van der Waals surface area contributed by atoms with Gasteiger partial charge in [-0.2, -0.15) is 0 Å². The van der Waals surface area contributed by atoms with Crippen LogP contribution in [0.25, 0.3) is 16.5 Å². The van der Waals surface area contributed by atoms with Gasteiger partial charge in [0.05, 0.1) is 18.7 Å². The zero-order chi connectivity index (χ0) is 27.0. The predicted octanol–water partition coefficient (Wildman–Crippen LogP) is 6.77. The summed E-state index contributed by atoms with van der Waals surface area (Å²) in [5.74, 6) is -0.832. The Morgan fingerprint density at radius 3 is 2.29 bits per heavy atom. The molecule has 1 fully saturated rings. The molecule has 1 saturated heterocycles. The van der Waals surface area contributed by atoms with Crippen LogP contribution in [0.1, 0.15) is 49.1 Å². The highest BCUT2D eigenvalue weighted by Gasteiger charge is 2.46. The van der Waals surface area contributed by atoms with Crippen LogP contribution in [0, 0.1) is 0 Å². The van der Waals surface area contributed by atoms with Crippen LogP contribution in [-0.4, -0.2) is 28.8 Å². The molecule has 1 unspecified atom stereocenters. The van der Waals surface area contributed by atoms with Crippen molar-refractivity contribution in [1.29, 1.82) is 0 Å². The maximum Gasteiger partial charge on any atom is 0.295 e. The van der Waals surface area contributed by atoms with Gasteiger partial charge in [0.1, 0.15) is 11.5 Å². The van der Waals surface area contributed by atoms with Gasteiger partial charge in [-0.15, -0.1) is 0 Å². The first kappa shape index (κ1) is 25.3. The van der Waals surface area contributed by atoms with Crippen molar-refractivity contribution in [2.45, 2.75) is 38.8 Å². The number of Topliss-reactive ketones (excluding diaryl/α,β-unsaturated/α-hetero) is 1. The number of hydrogen-bond acceptors (Lipinski definition) is 4. The summed E-state index contributed by atoms with van der Waals surface area (Å²) in [7, 11) is 1.59. The molecule has 1 aliphatic heterocycles. The molecule has 1 amide bonds. The topological polar surface area (TPSA) is 66.8 Å². The van der Waals surface area contributed by atoms with Crippen molar-refractivity contribution in [3.8, 4) is 5.75 Å². The van der Waals surface area contributed by atoms with Crippen molar-refractivity contribution < 1.29 is 19.4 Å². The van der Waals surface area contributed by atoms with Gasteiger partial charge in [0, 0.05) is 12.1 Å². The zero-order valence-electron chi connectivity index (χ0n) is 22.1. The number of benzene rings is 4. The molecule has 0 bridgehead atoms. The van der Waals surface area contributed by atoms with Gasteiger partial charge in [-0.1, -0.05) is 99.6 Å². The normalized spacial score (nSPS) is 17.3. The van der Waals surface area contributed by atoms with Crippen LogP contribution in [0.15, 0.2) is 96.6 Å².